The van der Waals surface area contributed by atoms with Crippen molar-refractivity contribution in [3.8, 4) is 17.2 Å². The minimum Gasteiger partial charge on any atom is -0.508 e. The van der Waals surface area contributed by atoms with E-state index in [1.165, 1.54) is 25.3 Å². The van der Waals surface area contributed by atoms with Crippen molar-refractivity contribution in [2.24, 2.45) is 0 Å². The minimum atomic E-state index is -0.0532. The Morgan fingerprint density at radius 3 is 2.36 bits per heavy atom. The zero-order chi connectivity index (χ0) is 7.56. The van der Waals surface area contributed by atoms with Gasteiger partial charge in [-0.1, -0.05) is 0 Å². The third kappa shape index (κ3) is 2.68. The molecule has 0 spiro atoms. The predicted octanol–water partition coefficient (Wildman–Crippen LogP) is 1.10. The van der Waals surface area contributed by atoms with Crippen LogP contribution in [-0.4, -0.2) is 17.3 Å². The van der Waals surface area contributed by atoms with Crippen LogP contribution in [0.2, 0.25) is 0 Å². The first kappa shape index (κ1) is 10.7. The second kappa shape index (κ2) is 4.57. The summed E-state index contributed by atoms with van der Waals surface area (Å²) in [5.74, 6) is 0.332. The molecule has 0 aliphatic heterocycles. The molecule has 0 atom stereocenters. The largest absolute Gasteiger partial charge is 0.508 e. The molecule has 1 radical (unpaired) electrons. The average molecular weight is 229 g/mol. The number of rotatable bonds is 1. The van der Waals surface area contributed by atoms with Gasteiger partial charge in [0.25, 0.3) is 0 Å². The van der Waals surface area contributed by atoms with E-state index in [2.05, 4.69) is 0 Å². The third-order valence-corrected chi connectivity index (χ3v) is 1.16. The zero-order valence-electron chi connectivity index (χ0n) is 6.11. The van der Waals surface area contributed by atoms with Crippen molar-refractivity contribution in [3.63, 3.8) is 0 Å². The Bertz CT molecular complexity index is 237. The van der Waals surface area contributed by atoms with Crippen molar-refractivity contribution in [3.05, 3.63) is 18.2 Å². The number of phenolic OH excluding ortho intramolecular Hbond substituents is 2. The van der Waals surface area contributed by atoms with Gasteiger partial charge in [0, 0.05) is 38.8 Å². The number of benzene rings is 1. The summed E-state index contributed by atoms with van der Waals surface area (Å²) in [6.07, 6.45) is 0. The van der Waals surface area contributed by atoms with Crippen molar-refractivity contribution in [2.45, 2.75) is 0 Å². The molecule has 2 N–H and O–H groups in total. The Morgan fingerprint density at radius 2 is 1.91 bits per heavy atom. The van der Waals surface area contributed by atoms with Crippen LogP contribution in [-0.2, 0) is 32.7 Å². The molecule has 0 aliphatic rings. The van der Waals surface area contributed by atoms with Crippen LogP contribution >= 0.6 is 0 Å². The van der Waals surface area contributed by atoms with E-state index in [0.717, 1.165) is 0 Å². The number of hydrogen-bond donors (Lipinski definition) is 2. The molecular formula is C7H8O3Y. The molecule has 0 saturated heterocycles. The fraction of sp³-hybridized carbons (Fsp3) is 0.143. The Morgan fingerprint density at radius 1 is 1.27 bits per heavy atom. The van der Waals surface area contributed by atoms with E-state index in [9.17, 15) is 0 Å². The van der Waals surface area contributed by atoms with Crippen molar-refractivity contribution in [2.75, 3.05) is 7.11 Å². The summed E-state index contributed by atoms with van der Waals surface area (Å²) in [4.78, 5) is 0. The van der Waals surface area contributed by atoms with E-state index < -0.39 is 0 Å². The smallest absolute Gasteiger partial charge is 0.161 e. The normalized spacial score (nSPS) is 8.45. The molecule has 4 heteroatoms. The topological polar surface area (TPSA) is 49.7 Å². The van der Waals surface area contributed by atoms with Crippen molar-refractivity contribution < 1.29 is 47.7 Å². The molecule has 11 heavy (non-hydrogen) atoms. The third-order valence-electron chi connectivity index (χ3n) is 1.16. The van der Waals surface area contributed by atoms with Gasteiger partial charge in [0.2, 0.25) is 0 Å². The van der Waals surface area contributed by atoms with Crippen molar-refractivity contribution in [1.82, 2.24) is 0 Å². The summed E-state index contributed by atoms with van der Waals surface area (Å²) in [7, 11) is 1.45. The molecular weight excluding hydrogens is 221 g/mol. The summed E-state index contributed by atoms with van der Waals surface area (Å²) < 4.78 is 4.74. The second-order valence-electron chi connectivity index (χ2n) is 1.86. The zero-order valence-corrected chi connectivity index (χ0v) is 8.95. The Kier molecular flexibility index (Phi) is 4.46. The van der Waals surface area contributed by atoms with Crippen molar-refractivity contribution >= 4 is 0 Å². The maximum atomic E-state index is 9.01. The summed E-state index contributed by atoms with van der Waals surface area (Å²) in [6.45, 7) is 0. The summed E-state index contributed by atoms with van der Waals surface area (Å²) in [6, 6.07) is 4.15. The molecule has 0 heterocycles. The molecule has 0 aromatic heterocycles. The van der Waals surface area contributed by atoms with Crippen LogP contribution in [0.4, 0.5) is 0 Å². The van der Waals surface area contributed by atoms with Crippen LogP contribution in [0.5, 0.6) is 17.2 Å². The van der Waals surface area contributed by atoms with Gasteiger partial charge in [-0.25, -0.2) is 0 Å². The van der Waals surface area contributed by atoms with Crippen LogP contribution < -0.4 is 4.74 Å². The molecule has 1 aromatic rings. The molecule has 0 amide bonds. The molecule has 1 aromatic carbocycles. The van der Waals surface area contributed by atoms with Gasteiger partial charge in [0.05, 0.1) is 7.11 Å². The van der Waals surface area contributed by atoms with E-state index in [0.29, 0.717) is 5.75 Å². The van der Waals surface area contributed by atoms with Gasteiger partial charge in [-0.3, -0.25) is 0 Å². The second-order valence-corrected chi connectivity index (χ2v) is 1.86. The molecule has 0 bridgehead atoms. The number of methoxy groups -OCH3 is 1. The number of aromatic hydroxyl groups is 2. The van der Waals surface area contributed by atoms with Gasteiger partial charge in [-0.2, -0.15) is 0 Å². The van der Waals surface area contributed by atoms with E-state index >= 15 is 0 Å². The molecule has 3 nitrogen and oxygen atoms in total. The predicted molar refractivity (Wildman–Crippen MR) is 36.3 cm³/mol. The van der Waals surface area contributed by atoms with E-state index in [1.807, 2.05) is 0 Å². The van der Waals surface area contributed by atoms with Crippen LogP contribution in [0.3, 0.4) is 0 Å². The van der Waals surface area contributed by atoms with Crippen LogP contribution in [0.25, 0.3) is 0 Å². The van der Waals surface area contributed by atoms with Gasteiger partial charge >= 0.3 is 0 Å². The molecule has 0 aliphatic carbocycles. The molecule has 1 rings (SSSR count). The molecule has 0 fully saturated rings. The van der Waals surface area contributed by atoms with E-state index in [4.69, 9.17) is 14.9 Å². The first-order valence-electron chi connectivity index (χ1n) is 2.80. The first-order chi connectivity index (χ1) is 4.74. The summed E-state index contributed by atoms with van der Waals surface area (Å²) in [5.41, 5.74) is 0. The first-order valence-corrected chi connectivity index (χ1v) is 2.80. The standard InChI is InChI=1S/C7H8O3.Y/c1-10-7-3-2-5(8)4-6(7)9;/h2-4,8-9H,1H3;. The van der Waals surface area contributed by atoms with E-state index in [1.54, 1.807) is 0 Å². The minimum absolute atomic E-state index is 0. The Labute approximate surface area is 89.9 Å². The maximum Gasteiger partial charge on any atom is 0.161 e. The van der Waals surface area contributed by atoms with Gasteiger partial charge in [-0.15, -0.1) is 0 Å². The number of phenols is 2. The number of ether oxygens (including phenoxy) is 1. The maximum absolute atomic E-state index is 9.01. The van der Waals surface area contributed by atoms with Gasteiger partial charge in [0.15, 0.2) is 11.5 Å². The van der Waals surface area contributed by atoms with Crippen molar-refractivity contribution in [1.29, 1.82) is 0 Å². The van der Waals surface area contributed by atoms with Crippen LogP contribution in [0.15, 0.2) is 18.2 Å². The number of hydrogen-bond acceptors (Lipinski definition) is 3. The Hall–Kier alpha value is -0.276. The van der Waals surface area contributed by atoms with E-state index in [-0.39, 0.29) is 44.2 Å². The molecule has 0 unspecified atom stereocenters. The monoisotopic (exact) mass is 229 g/mol. The fourth-order valence-electron chi connectivity index (χ4n) is 0.678. The Balaban J connectivity index is 0.000001000. The fourth-order valence-corrected chi connectivity index (χ4v) is 0.678. The quantitative estimate of drug-likeness (QED) is 0.758. The summed E-state index contributed by atoms with van der Waals surface area (Å²) >= 11 is 0. The SMILES string of the molecule is COc1ccc(O)cc1O.[Y]. The van der Waals surface area contributed by atoms with Crippen LogP contribution in [0, 0.1) is 0 Å². The van der Waals surface area contributed by atoms with Gasteiger partial charge in [0.1, 0.15) is 5.75 Å². The molecule has 57 valence electrons. The van der Waals surface area contributed by atoms with Gasteiger partial charge < -0.3 is 14.9 Å². The average Bonchev–Trinajstić information content (AvgIpc) is 1.88. The van der Waals surface area contributed by atoms with Crippen LogP contribution in [0.1, 0.15) is 0 Å². The molecule has 0 saturated carbocycles. The summed E-state index contributed by atoms with van der Waals surface area (Å²) in [5, 5.41) is 17.8. The van der Waals surface area contributed by atoms with Gasteiger partial charge in [-0.05, 0) is 12.1 Å².